The van der Waals surface area contributed by atoms with Crippen LogP contribution in [-0.4, -0.2) is 32.7 Å². The third kappa shape index (κ3) is 4.63. The molecular weight excluding hydrogens is 330 g/mol. The van der Waals surface area contributed by atoms with Crippen LogP contribution in [0.15, 0.2) is 48.5 Å². The van der Waals surface area contributed by atoms with Gasteiger partial charge < -0.3 is 15.4 Å². The largest absolute Gasteiger partial charge is 0.452 e. The molecule has 2 N–H and O–H groups in total. The zero-order chi connectivity index (χ0) is 17.5. The predicted octanol–water partition coefficient (Wildman–Crippen LogP) is 3.59. The normalized spacial score (nSPS) is 9.96. The molecule has 0 saturated heterocycles. The fourth-order valence-electron chi connectivity index (χ4n) is 2.00. The van der Waals surface area contributed by atoms with E-state index in [0.29, 0.717) is 22.1 Å². The van der Waals surface area contributed by atoms with Crippen LogP contribution in [0.4, 0.5) is 21.9 Å². The number of benzene rings is 2. The van der Waals surface area contributed by atoms with Gasteiger partial charge in [-0.3, -0.25) is 9.69 Å². The SMILES string of the molecule is COC(=O)N(C)c1ccc(NC(=O)CNc2ccccc2Cl)cc1. The number of hydrogen-bond donors (Lipinski definition) is 2. The summed E-state index contributed by atoms with van der Waals surface area (Å²) in [5, 5.41) is 6.29. The van der Waals surface area contributed by atoms with Gasteiger partial charge in [0.1, 0.15) is 0 Å². The molecule has 7 heteroatoms. The van der Waals surface area contributed by atoms with Crippen molar-refractivity contribution in [3.63, 3.8) is 0 Å². The summed E-state index contributed by atoms with van der Waals surface area (Å²) < 4.78 is 4.64. The van der Waals surface area contributed by atoms with Crippen LogP contribution in [0.1, 0.15) is 0 Å². The van der Waals surface area contributed by atoms with E-state index < -0.39 is 6.09 Å². The highest BCUT2D eigenvalue weighted by Gasteiger charge is 2.10. The maximum absolute atomic E-state index is 12.0. The molecule has 2 rings (SSSR count). The number of anilines is 3. The lowest BCUT2D eigenvalue weighted by Crippen LogP contribution is -2.25. The van der Waals surface area contributed by atoms with Gasteiger partial charge in [0, 0.05) is 18.4 Å². The summed E-state index contributed by atoms with van der Waals surface area (Å²) in [4.78, 5) is 24.8. The first kappa shape index (κ1) is 17.6. The Kier molecular flexibility index (Phi) is 6.03. The third-order valence-electron chi connectivity index (χ3n) is 3.30. The minimum atomic E-state index is -0.462. The molecule has 0 radical (unpaired) electrons. The molecule has 126 valence electrons. The first-order valence-corrected chi connectivity index (χ1v) is 7.59. The molecule has 0 aliphatic carbocycles. The van der Waals surface area contributed by atoms with E-state index in [-0.39, 0.29) is 12.5 Å². The summed E-state index contributed by atoms with van der Waals surface area (Å²) in [7, 11) is 2.92. The van der Waals surface area contributed by atoms with Crippen LogP contribution in [0.5, 0.6) is 0 Å². The Morgan fingerprint density at radius 1 is 1.12 bits per heavy atom. The van der Waals surface area contributed by atoms with E-state index >= 15 is 0 Å². The number of carbonyl (C=O) groups excluding carboxylic acids is 2. The Balaban J connectivity index is 1.90. The number of halogens is 1. The third-order valence-corrected chi connectivity index (χ3v) is 3.63. The zero-order valence-corrected chi connectivity index (χ0v) is 14.1. The van der Waals surface area contributed by atoms with Crippen LogP contribution in [0.3, 0.4) is 0 Å². The molecule has 0 atom stereocenters. The fraction of sp³-hybridized carbons (Fsp3) is 0.176. The fourth-order valence-corrected chi connectivity index (χ4v) is 2.20. The van der Waals surface area contributed by atoms with Gasteiger partial charge >= 0.3 is 6.09 Å². The van der Waals surface area contributed by atoms with Gasteiger partial charge in [0.2, 0.25) is 5.91 Å². The number of ether oxygens (including phenoxy) is 1. The maximum Gasteiger partial charge on any atom is 0.413 e. The monoisotopic (exact) mass is 347 g/mol. The van der Waals surface area contributed by atoms with Crippen molar-refractivity contribution < 1.29 is 14.3 Å². The molecule has 0 fully saturated rings. The molecule has 0 aromatic heterocycles. The molecule has 6 nitrogen and oxygen atoms in total. The Labute approximate surface area is 145 Å². The second kappa shape index (κ2) is 8.21. The standard InChI is InChI=1S/C17H18ClN3O3/c1-21(17(23)24-2)13-9-7-12(8-10-13)20-16(22)11-19-15-6-4-3-5-14(15)18/h3-10,19H,11H2,1-2H3,(H,20,22). The van der Waals surface area contributed by atoms with Gasteiger partial charge in [-0.25, -0.2) is 4.79 Å². The van der Waals surface area contributed by atoms with Crippen molar-refractivity contribution >= 4 is 40.7 Å². The van der Waals surface area contributed by atoms with Gasteiger partial charge in [0.25, 0.3) is 0 Å². The lowest BCUT2D eigenvalue weighted by atomic mass is 10.2. The van der Waals surface area contributed by atoms with Crippen molar-refractivity contribution in [1.29, 1.82) is 0 Å². The maximum atomic E-state index is 12.0. The summed E-state index contributed by atoms with van der Waals surface area (Å²) in [5.41, 5.74) is 1.99. The Bertz CT molecular complexity index is 719. The van der Waals surface area contributed by atoms with Gasteiger partial charge in [-0.15, -0.1) is 0 Å². The molecule has 0 aliphatic heterocycles. The van der Waals surface area contributed by atoms with Gasteiger partial charge in [0.05, 0.1) is 24.4 Å². The number of carbonyl (C=O) groups is 2. The van der Waals surface area contributed by atoms with Gasteiger partial charge in [-0.05, 0) is 36.4 Å². The topological polar surface area (TPSA) is 70.7 Å². The van der Waals surface area contributed by atoms with Crippen LogP contribution in [0.25, 0.3) is 0 Å². The number of rotatable bonds is 5. The van der Waals surface area contributed by atoms with E-state index in [1.54, 1.807) is 43.4 Å². The van der Waals surface area contributed by atoms with Crippen molar-refractivity contribution in [1.82, 2.24) is 0 Å². The average molecular weight is 348 g/mol. The van der Waals surface area contributed by atoms with Gasteiger partial charge in [-0.2, -0.15) is 0 Å². The molecule has 2 aromatic carbocycles. The van der Waals surface area contributed by atoms with E-state index in [4.69, 9.17) is 11.6 Å². The van der Waals surface area contributed by atoms with Crippen molar-refractivity contribution in [2.24, 2.45) is 0 Å². The van der Waals surface area contributed by atoms with E-state index in [2.05, 4.69) is 15.4 Å². The molecule has 2 amide bonds. The van der Waals surface area contributed by atoms with E-state index in [1.807, 2.05) is 12.1 Å². The summed E-state index contributed by atoms with van der Waals surface area (Å²) >= 11 is 6.02. The summed E-state index contributed by atoms with van der Waals surface area (Å²) in [6, 6.07) is 14.1. The summed E-state index contributed by atoms with van der Waals surface area (Å²) in [5.74, 6) is -0.205. The molecule has 0 aliphatic rings. The van der Waals surface area contributed by atoms with E-state index in [1.165, 1.54) is 12.0 Å². The van der Waals surface area contributed by atoms with Crippen LogP contribution in [0.2, 0.25) is 5.02 Å². The molecule has 0 unspecified atom stereocenters. The predicted molar refractivity (Wildman–Crippen MR) is 95.8 cm³/mol. The second-order valence-corrected chi connectivity index (χ2v) is 5.36. The zero-order valence-electron chi connectivity index (χ0n) is 13.4. The van der Waals surface area contributed by atoms with Gasteiger partial charge in [0.15, 0.2) is 0 Å². The van der Waals surface area contributed by atoms with Crippen molar-refractivity contribution in [3.05, 3.63) is 53.6 Å². The summed E-state index contributed by atoms with van der Waals surface area (Å²) in [6.07, 6.45) is -0.462. The van der Waals surface area contributed by atoms with Crippen molar-refractivity contribution in [2.75, 3.05) is 36.2 Å². The number of nitrogens with one attached hydrogen (secondary N) is 2. The minimum Gasteiger partial charge on any atom is -0.452 e. The summed E-state index contributed by atoms with van der Waals surface area (Å²) in [6.45, 7) is 0.0908. The van der Waals surface area contributed by atoms with Gasteiger partial charge in [-0.1, -0.05) is 23.7 Å². The Hall–Kier alpha value is -2.73. The number of methoxy groups -OCH3 is 1. The highest BCUT2D eigenvalue weighted by molar-refractivity contribution is 6.33. The minimum absolute atomic E-state index is 0.0908. The van der Waals surface area contributed by atoms with Crippen LogP contribution >= 0.6 is 11.6 Å². The van der Waals surface area contributed by atoms with Crippen molar-refractivity contribution in [2.45, 2.75) is 0 Å². The lowest BCUT2D eigenvalue weighted by Gasteiger charge is -2.16. The molecule has 24 heavy (non-hydrogen) atoms. The number of amides is 2. The number of para-hydroxylation sites is 1. The molecule has 0 heterocycles. The first-order chi connectivity index (χ1) is 11.5. The first-order valence-electron chi connectivity index (χ1n) is 7.21. The molecule has 0 bridgehead atoms. The Morgan fingerprint density at radius 2 is 1.79 bits per heavy atom. The molecule has 2 aromatic rings. The smallest absolute Gasteiger partial charge is 0.413 e. The highest BCUT2D eigenvalue weighted by Crippen LogP contribution is 2.20. The van der Waals surface area contributed by atoms with Crippen LogP contribution in [-0.2, 0) is 9.53 Å². The quantitative estimate of drug-likeness (QED) is 0.867. The number of nitrogens with zero attached hydrogens (tertiary/aromatic N) is 1. The van der Waals surface area contributed by atoms with E-state index in [0.717, 1.165) is 0 Å². The van der Waals surface area contributed by atoms with Crippen LogP contribution < -0.4 is 15.5 Å². The highest BCUT2D eigenvalue weighted by atomic mass is 35.5. The van der Waals surface area contributed by atoms with E-state index in [9.17, 15) is 9.59 Å². The number of hydrogen-bond acceptors (Lipinski definition) is 4. The van der Waals surface area contributed by atoms with Crippen molar-refractivity contribution in [3.8, 4) is 0 Å². The molecule has 0 spiro atoms. The Morgan fingerprint density at radius 3 is 2.42 bits per heavy atom. The second-order valence-electron chi connectivity index (χ2n) is 4.96. The molecular formula is C17H18ClN3O3. The van der Waals surface area contributed by atoms with Crippen LogP contribution in [0, 0.1) is 0 Å². The lowest BCUT2D eigenvalue weighted by molar-refractivity contribution is -0.114. The average Bonchev–Trinajstić information content (AvgIpc) is 2.60. The molecule has 0 saturated carbocycles.